The number of hydrogen-bond acceptors (Lipinski definition) is 3. The number of amides is 2. The molecule has 0 unspecified atom stereocenters. The van der Waals surface area contributed by atoms with E-state index in [1.165, 1.54) is 0 Å². The SMILES string of the molecule is COc1ccc(NC(=O)N[C@@H](c2ncc[nH]2)C(C)C)cc1. The highest BCUT2D eigenvalue weighted by atomic mass is 16.5. The van der Waals surface area contributed by atoms with E-state index in [2.05, 4.69) is 20.6 Å². The van der Waals surface area contributed by atoms with Gasteiger partial charge in [-0.2, -0.15) is 0 Å². The van der Waals surface area contributed by atoms with Gasteiger partial charge < -0.3 is 20.4 Å². The van der Waals surface area contributed by atoms with Crippen LogP contribution in [0.5, 0.6) is 5.75 Å². The van der Waals surface area contributed by atoms with Crippen LogP contribution in [0.1, 0.15) is 25.7 Å². The average molecular weight is 288 g/mol. The molecule has 2 rings (SSSR count). The van der Waals surface area contributed by atoms with Gasteiger partial charge in [0.1, 0.15) is 11.6 Å². The van der Waals surface area contributed by atoms with Crippen molar-refractivity contribution in [3.05, 3.63) is 42.5 Å². The van der Waals surface area contributed by atoms with Crippen LogP contribution in [0, 0.1) is 5.92 Å². The number of aromatic amines is 1. The first-order valence-electron chi connectivity index (χ1n) is 6.81. The lowest BCUT2D eigenvalue weighted by Gasteiger charge is -2.20. The Morgan fingerprint density at radius 3 is 2.52 bits per heavy atom. The monoisotopic (exact) mass is 288 g/mol. The third-order valence-electron chi connectivity index (χ3n) is 3.12. The highest BCUT2D eigenvalue weighted by molar-refractivity contribution is 5.89. The molecule has 0 aliphatic carbocycles. The number of nitrogens with one attached hydrogen (secondary N) is 3. The van der Waals surface area contributed by atoms with Gasteiger partial charge in [0.15, 0.2) is 0 Å². The molecule has 2 amide bonds. The van der Waals surface area contributed by atoms with Crippen LogP contribution in [0.15, 0.2) is 36.7 Å². The molecule has 0 fully saturated rings. The van der Waals surface area contributed by atoms with Crippen LogP contribution in [0.4, 0.5) is 10.5 Å². The fourth-order valence-electron chi connectivity index (χ4n) is 1.98. The number of nitrogens with zero attached hydrogens (tertiary/aromatic N) is 1. The molecule has 3 N–H and O–H groups in total. The van der Waals surface area contributed by atoms with E-state index in [0.717, 1.165) is 11.6 Å². The van der Waals surface area contributed by atoms with Crippen LogP contribution in [-0.4, -0.2) is 23.1 Å². The standard InChI is InChI=1S/C15H20N4O2/c1-10(2)13(14-16-8-9-17-14)19-15(20)18-11-4-6-12(21-3)7-5-11/h4-10,13H,1-3H3,(H,16,17)(H2,18,19,20)/t13-/m1/s1. The maximum atomic E-state index is 12.1. The van der Waals surface area contributed by atoms with E-state index in [1.807, 2.05) is 13.8 Å². The first kappa shape index (κ1) is 14.9. The Labute approximate surface area is 123 Å². The third kappa shape index (κ3) is 3.98. The van der Waals surface area contributed by atoms with Gasteiger partial charge >= 0.3 is 6.03 Å². The summed E-state index contributed by atoms with van der Waals surface area (Å²) in [4.78, 5) is 19.3. The van der Waals surface area contributed by atoms with E-state index in [9.17, 15) is 4.79 Å². The summed E-state index contributed by atoms with van der Waals surface area (Å²) in [5.74, 6) is 1.71. The summed E-state index contributed by atoms with van der Waals surface area (Å²) in [7, 11) is 1.60. The Morgan fingerprint density at radius 1 is 1.29 bits per heavy atom. The van der Waals surface area contributed by atoms with Crippen molar-refractivity contribution in [2.75, 3.05) is 12.4 Å². The fraction of sp³-hybridized carbons (Fsp3) is 0.333. The molecule has 2 aromatic rings. The van der Waals surface area contributed by atoms with Crippen molar-refractivity contribution in [1.82, 2.24) is 15.3 Å². The number of carbonyl (C=O) groups is 1. The Morgan fingerprint density at radius 2 is 2.00 bits per heavy atom. The molecule has 0 bridgehead atoms. The number of benzene rings is 1. The summed E-state index contributed by atoms with van der Waals surface area (Å²) in [5, 5.41) is 5.71. The zero-order valence-corrected chi connectivity index (χ0v) is 12.4. The molecule has 21 heavy (non-hydrogen) atoms. The maximum absolute atomic E-state index is 12.1. The van der Waals surface area contributed by atoms with Crippen molar-refractivity contribution in [3.8, 4) is 5.75 Å². The van der Waals surface area contributed by atoms with Crippen molar-refractivity contribution >= 4 is 11.7 Å². The number of hydrogen-bond donors (Lipinski definition) is 3. The van der Waals surface area contributed by atoms with Gasteiger partial charge in [-0.1, -0.05) is 13.8 Å². The van der Waals surface area contributed by atoms with E-state index in [1.54, 1.807) is 43.8 Å². The van der Waals surface area contributed by atoms with E-state index in [0.29, 0.717) is 5.69 Å². The minimum Gasteiger partial charge on any atom is -0.497 e. The Bertz CT molecular complexity index is 564. The third-order valence-corrected chi connectivity index (χ3v) is 3.12. The van der Waals surface area contributed by atoms with E-state index in [4.69, 9.17) is 4.74 Å². The largest absolute Gasteiger partial charge is 0.497 e. The van der Waals surface area contributed by atoms with E-state index in [-0.39, 0.29) is 18.0 Å². The fourth-order valence-corrected chi connectivity index (χ4v) is 1.98. The first-order valence-corrected chi connectivity index (χ1v) is 6.81. The summed E-state index contributed by atoms with van der Waals surface area (Å²) < 4.78 is 5.08. The molecule has 0 saturated heterocycles. The number of H-pyrrole nitrogens is 1. The lowest BCUT2D eigenvalue weighted by Crippen LogP contribution is -2.35. The van der Waals surface area contributed by atoms with E-state index >= 15 is 0 Å². The molecule has 0 aliphatic rings. The molecule has 0 radical (unpaired) electrons. The van der Waals surface area contributed by atoms with Gasteiger partial charge in [-0.05, 0) is 30.2 Å². The Hall–Kier alpha value is -2.50. The molecule has 1 atom stereocenters. The number of anilines is 1. The van der Waals surface area contributed by atoms with Crippen molar-refractivity contribution in [3.63, 3.8) is 0 Å². The van der Waals surface area contributed by atoms with Crippen LogP contribution in [0.3, 0.4) is 0 Å². The number of carbonyl (C=O) groups excluding carboxylic acids is 1. The van der Waals surface area contributed by atoms with Gasteiger partial charge in [0.2, 0.25) is 0 Å². The number of ether oxygens (including phenoxy) is 1. The van der Waals surface area contributed by atoms with Gasteiger partial charge in [-0.25, -0.2) is 9.78 Å². The number of rotatable bonds is 5. The topological polar surface area (TPSA) is 79.0 Å². The zero-order chi connectivity index (χ0) is 15.2. The molecule has 0 spiro atoms. The highest BCUT2D eigenvalue weighted by Gasteiger charge is 2.20. The van der Waals surface area contributed by atoms with Gasteiger partial charge in [-0.15, -0.1) is 0 Å². The number of imidazole rings is 1. The van der Waals surface area contributed by atoms with E-state index < -0.39 is 0 Å². The molecular formula is C15H20N4O2. The second-order valence-corrected chi connectivity index (χ2v) is 5.02. The predicted octanol–water partition coefficient (Wildman–Crippen LogP) is 2.94. The second kappa shape index (κ2) is 6.78. The Kier molecular flexibility index (Phi) is 4.81. The number of urea groups is 1. The minimum absolute atomic E-state index is 0.168. The van der Waals surface area contributed by atoms with Gasteiger partial charge in [0.05, 0.1) is 13.2 Å². The molecule has 6 heteroatoms. The van der Waals surface area contributed by atoms with Crippen LogP contribution >= 0.6 is 0 Å². The lowest BCUT2D eigenvalue weighted by molar-refractivity contribution is 0.244. The van der Waals surface area contributed by atoms with Gasteiger partial charge in [-0.3, -0.25) is 0 Å². The van der Waals surface area contributed by atoms with Crippen LogP contribution in [-0.2, 0) is 0 Å². The molecule has 1 aromatic carbocycles. The Balaban J connectivity index is 1.99. The molecular weight excluding hydrogens is 268 g/mol. The summed E-state index contributed by atoms with van der Waals surface area (Å²) in [5.41, 5.74) is 0.704. The smallest absolute Gasteiger partial charge is 0.319 e. The summed E-state index contributed by atoms with van der Waals surface area (Å²) in [6, 6.07) is 6.73. The summed E-state index contributed by atoms with van der Waals surface area (Å²) in [6.45, 7) is 4.06. The molecule has 0 saturated carbocycles. The van der Waals surface area contributed by atoms with Crippen LogP contribution < -0.4 is 15.4 Å². The predicted molar refractivity (Wildman–Crippen MR) is 81.3 cm³/mol. The van der Waals surface area contributed by atoms with Crippen molar-refractivity contribution in [2.45, 2.75) is 19.9 Å². The summed E-state index contributed by atoms with van der Waals surface area (Å²) >= 11 is 0. The normalized spacial score (nSPS) is 12.0. The van der Waals surface area contributed by atoms with Crippen molar-refractivity contribution < 1.29 is 9.53 Å². The van der Waals surface area contributed by atoms with Crippen molar-refractivity contribution in [1.29, 1.82) is 0 Å². The quantitative estimate of drug-likeness (QED) is 0.791. The minimum atomic E-state index is -0.268. The molecule has 1 heterocycles. The zero-order valence-electron chi connectivity index (χ0n) is 12.4. The molecule has 6 nitrogen and oxygen atoms in total. The number of aromatic nitrogens is 2. The molecule has 1 aromatic heterocycles. The molecule has 0 aliphatic heterocycles. The first-order chi connectivity index (χ1) is 10.1. The van der Waals surface area contributed by atoms with Crippen molar-refractivity contribution in [2.24, 2.45) is 5.92 Å². The maximum Gasteiger partial charge on any atom is 0.319 e. The second-order valence-electron chi connectivity index (χ2n) is 5.02. The highest BCUT2D eigenvalue weighted by Crippen LogP contribution is 2.19. The average Bonchev–Trinajstić information content (AvgIpc) is 2.99. The van der Waals surface area contributed by atoms with Gasteiger partial charge in [0.25, 0.3) is 0 Å². The number of methoxy groups -OCH3 is 1. The van der Waals surface area contributed by atoms with Gasteiger partial charge in [0, 0.05) is 18.1 Å². The van der Waals surface area contributed by atoms with Crippen LogP contribution in [0.25, 0.3) is 0 Å². The lowest BCUT2D eigenvalue weighted by atomic mass is 10.0. The summed E-state index contributed by atoms with van der Waals surface area (Å²) in [6.07, 6.45) is 3.42. The van der Waals surface area contributed by atoms with Crippen LogP contribution in [0.2, 0.25) is 0 Å². The molecule has 112 valence electrons.